The number of carbonyl (C=O) groups is 2. The lowest BCUT2D eigenvalue weighted by Gasteiger charge is -2.16. The van der Waals surface area contributed by atoms with Crippen molar-refractivity contribution in [2.24, 2.45) is 11.0 Å². The van der Waals surface area contributed by atoms with Gasteiger partial charge in [0.1, 0.15) is 6.10 Å². The van der Waals surface area contributed by atoms with E-state index in [0.29, 0.717) is 17.8 Å². The van der Waals surface area contributed by atoms with Crippen LogP contribution in [-0.2, 0) is 21.0 Å². The number of hydrogen-bond acceptors (Lipinski definition) is 5. The lowest BCUT2D eigenvalue weighted by atomic mass is 9.92. The van der Waals surface area contributed by atoms with Crippen molar-refractivity contribution in [3.8, 4) is 0 Å². The molecule has 0 saturated carbocycles. The maximum absolute atomic E-state index is 13.3. The smallest absolute Gasteiger partial charge is 0.335 e. The molecule has 0 spiro atoms. The molecule has 0 saturated heterocycles. The molecular weight excluding hydrogens is 386 g/mol. The van der Waals surface area contributed by atoms with Gasteiger partial charge in [0, 0.05) is 17.1 Å². The molecule has 2 N–H and O–H groups in total. The van der Waals surface area contributed by atoms with Crippen LogP contribution in [0.5, 0.6) is 0 Å². The van der Waals surface area contributed by atoms with Crippen LogP contribution < -0.4 is 5.01 Å². The van der Waals surface area contributed by atoms with Gasteiger partial charge in [-0.3, -0.25) is 4.79 Å². The predicted molar refractivity (Wildman–Crippen MR) is 111 cm³/mol. The first kappa shape index (κ1) is 19.8. The third-order valence-electron chi connectivity index (χ3n) is 5.19. The number of nitrogens with one attached hydrogen (secondary N) is 1. The number of anilines is 1. The summed E-state index contributed by atoms with van der Waals surface area (Å²) in [6, 6.07) is 13.9. The second kappa shape index (κ2) is 8.10. The van der Waals surface area contributed by atoms with E-state index in [4.69, 9.17) is 14.9 Å². The van der Waals surface area contributed by atoms with Crippen molar-refractivity contribution in [3.05, 3.63) is 65.9 Å². The Morgan fingerprint density at radius 3 is 2.67 bits per heavy atom. The summed E-state index contributed by atoms with van der Waals surface area (Å²) in [5.41, 5.74) is 3.19. The Kier molecular flexibility index (Phi) is 5.35. The van der Waals surface area contributed by atoms with Crippen LogP contribution in [0.2, 0.25) is 0 Å². The molecule has 1 amide bonds. The van der Waals surface area contributed by atoms with E-state index in [1.807, 2.05) is 30.5 Å². The average molecular weight is 407 g/mol. The molecule has 154 valence electrons. The highest BCUT2D eigenvalue weighted by molar-refractivity contribution is 6.17. The number of benzene rings is 2. The number of carboxylic acids is 1. The molecule has 3 aromatic rings. The van der Waals surface area contributed by atoms with Gasteiger partial charge in [-0.15, -0.1) is 0 Å². The standard InChI is InChI=1S/C22H21N3O5/c1-13(30-29-2)20-18(11-15-12-23-19-6-4-3-5-17(15)19)21(26)25(24-20)16-9-7-14(8-10-16)22(27)28/h3-10,12-13,18,23H,11H2,1-2H3,(H,27,28). The Bertz CT molecular complexity index is 1120. The van der Waals surface area contributed by atoms with E-state index in [2.05, 4.69) is 10.1 Å². The number of para-hydroxylation sites is 1. The summed E-state index contributed by atoms with van der Waals surface area (Å²) in [6.07, 6.45) is 1.82. The topological polar surface area (TPSA) is 104 Å². The van der Waals surface area contributed by atoms with Crippen molar-refractivity contribution in [3.63, 3.8) is 0 Å². The molecule has 2 heterocycles. The molecule has 0 radical (unpaired) electrons. The fraction of sp³-hybridized carbons (Fsp3) is 0.227. The number of nitrogens with zero attached hydrogens (tertiary/aromatic N) is 2. The van der Waals surface area contributed by atoms with E-state index in [9.17, 15) is 9.59 Å². The van der Waals surface area contributed by atoms with Gasteiger partial charge in [-0.1, -0.05) is 18.2 Å². The number of H-pyrrole nitrogens is 1. The minimum atomic E-state index is -1.03. The summed E-state index contributed by atoms with van der Waals surface area (Å²) in [5, 5.41) is 16.0. The molecule has 1 aromatic heterocycles. The quantitative estimate of drug-likeness (QED) is 0.461. The summed E-state index contributed by atoms with van der Waals surface area (Å²) in [7, 11) is 1.41. The van der Waals surface area contributed by atoms with Crippen LogP contribution in [0.1, 0.15) is 22.8 Å². The summed E-state index contributed by atoms with van der Waals surface area (Å²) in [6.45, 7) is 1.77. The van der Waals surface area contributed by atoms with Crippen LogP contribution in [0.25, 0.3) is 10.9 Å². The number of hydrazone groups is 1. The Morgan fingerprint density at radius 1 is 1.23 bits per heavy atom. The van der Waals surface area contributed by atoms with Crippen LogP contribution in [0.3, 0.4) is 0 Å². The van der Waals surface area contributed by atoms with Crippen molar-refractivity contribution in [1.82, 2.24) is 4.98 Å². The number of carbonyl (C=O) groups excluding carboxylic acids is 1. The minimum Gasteiger partial charge on any atom is -0.478 e. The molecule has 1 aliphatic rings. The number of rotatable bonds is 7. The SMILES string of the molecule is COOC(C)C1=NN(c2ccc(C(=O)O)cc2)C(=O)C1Cc1c[nH]c2ccccc12. The van der Waals surface area contributed by atoms with Gasteiger partial charge in [0.25, 0.3) is 5.91 Å². The van der Waals surface area contributed by atoms with E-state index >= 15 is 0 Å². The fourth-order valence-corrected chi connectivity index (χ4v) is 3.71. The molecule has 8 heteroatoms. The highest BCUT2D eigenvalue weighted by Gasteiger charge is 2.40. The number of amides is 1. The van der Waals surface area contributed by atoms with E-state index in [-0.39, 0.29) is 11.5 Å². The van der Waals surface area contributed by atoms with E-state index in [0.717, 1.165) is 16.5 Å². The number of carboxylic acid groups (broad SMARTS) is 1. The van der Waals surface area contributed by atoms with E-state index < -0.39 is 18.0 Å². The summed E-state index contributed by atoms with van der Waals surface area (Å²) in [4.78, 5) is 37.7. The van der Waals surface area contributed by atoms with E-state index in [1.165, 1.54) is 24.3 Å². The normalized spacial score (nSPS) is 17.4. The molecular formula is C22H21N3O5. The van der Waals surface area contributed by atoms with Gasteiger partial charge >= 0.3 is 5.97 Å². The van der Waals surface area contributed by atoms with Gasteiger partial charge in [-0.25, -0.2) is 19.6 Å². The maximum atomic E-state index is 13.3. The fourth-order valence-electron chi connectivity index (χ4n) is 3.71. The van der Waals surface area contributed by atoms with Gasteiger partial charge in [-0.05, 0) is 49.2 Å². The third kappa shape index (κ3) is 3.58. The van der Waals surface area contributed by atoms with Gasteiger partial charge in [-0.2, -0.15) is 5.10 Å². The Morgan fingerprint density at radius 2 is 1.97 bits per heavy atom. The second-order valence-electron chi connectivity index (χ2n) is 7.05. The summed E-state index contributed by atoms with van der Waals surface area (Å²) in [5.74, 6) is -1.77. The van der Waals surface area contributed by atoms with Crippen molar-refractivity contribution < 1.29 is 24.5 Å². The maximum Gasteiger partial charge on any atom is 0.335 e. The molecule has 0 fully saturated rings. The molecule has 4 rings (SSSR count). The van der Waals surface area contributed by atoms with Crippen LogP contribution in [-0.4, -0.2) is 40.9 Å². The molecule has 30 heavy (non-hydrogen) atoms. The zero-order valence-electron chi connectivity index (χ0n) is 16.5. The predicted octanol–water partition coefficient (Wildman–Crippen LogP) is 3.39. The number of aromatic nitrogens is 1. The van der Waals surface area contributed by atoms with Crippen LogP contribution >= 0.6 is 0 Å². The van der Waals surface area contributed by atoms with Gasteiger partial charge in [0.05, 0.1) is 30.0 Å². The molecule has 0 bridgehead atoms. The van der Waals surface area contributed by atoms with Crippen molar-refractivity contribution in [2.75, 3.05) is 12.1 Å². The van der Waals surface area contributed by atoms with Crippen LogP contribution in [0, 0.1) is 5.92 Å². The lowest BCUT2D eigenvalue weighted by molar-refractivity contribution is -0.285. The molecule has 2 atom stereocenters. The molecule has 2 unspecified atom stereocenters. The van der Waals surface area contributed by atoms with E-state index in [1.54, 1.807) is 19.1 Å². The highest BCUT2D eigenvalue weighted by Crippen LogP contribution is 2.30. The molecule has 8 nitrogen and oxygen atoms in total. The minimum absolute atomic E-state index is 0.140. The van der Waals surface area contributed by atoms with Gasteiger partial charge < -0.3 is 10.1 Å². The number of aromatic amines is 1. The summed E-state index contributed by atoms with van der Waals surface area (Å²) < 4.78 is 0. The van der Waals surface area contributed by atoms with Crippen molar-refractivity contribution in [1.29, 1.82) is 0 Å². The third-order valence-corrected chi connectivity index (χ3v) is 5.19. The average Bonchev–Trinajstić information content (AvgIpc) is 3.30. The number of hydrogen-bond donors (Lipinski definition) is 2. The number of fused-ring (bicyclic) bond motifs is 1. The zero-order valence-corrected chi connectivity index (χ0v) is 16.5. The first-order valence-electron chi connectivity index (χ1n) is 9.49. The lowest BCUT2D eigenvalue weighted by Crippen LogP contribution is -2.33. The number of aromatic carboxylic acids is 1. The van der Waals surface area contributed by atoms with Crippen LogP contribution in [0.4, 0.5) is 5.69 Å². The molecule has 1 aliphatic heterocycles. The first-order valence-corrected chi connectivity index (χ1v) is 9.49. The van der Waals surface area contributed by atoms with Crippen molar-refractivity contribution >= 4 is 34.2 Å². The Hall–Kier alpha value is -3.49. The Balaban J connectivity index is 1.67. The largest absolute Gasteiger partial charge is 0.478 e. The second-order valence-corrected chi connectivity index (χ2v) is 7.05. The zero-order chi connectivity index (χ0) is 21.3. The highest BCUT2D eigenvalue weighted by atomic mass is 17.2. The molecule has 0 aliphatic carbocycles. The monoisotopic (exact) mass is 407 g/mol. The first-order chi connectivity index (χ1) is 14.5. The Labute approximate surface area is 172 Å². The van der Waals surface area contributed by atoms with Gasteiger partial charge in [0.2, 0.25) is 0 Å². The van der Waals surface area contributed by atoms with Gasteiger partial charge in [0.15, 0.2) is 0 Å². The molecule has 2 aromatic carbocycles. The summed E-state index contributed by atoms with van der Waals surface area (Å²) >= 11 is 0. The van der Waals surface area contributed by atoms with Crippen molar-refractivity contribution in [2.45, 2.75) is 19.4 Å². The van der Waals surface area contributed by atoms with Crippen LogP contribution in [0.15, 0.2) is 59.8 Å².